The molecule has 0 unspecified atom stereocenters. The number of rotatable bonds is 4. The van der Waals surface area contributed by atoms with Gasteiger partial charge in [0, 0.05) is 12.0 Å². The minimum atomic E-state index is -0.989. The first-order valence-corrected chi connectivity index (χ1v) is 7.07. The number of carboxylic acids is 1. The number of hydrogen-bond donors (Lipinski definition) is 1. The molecule has 0 atom stereocenters. The molecule has 0 aliphatic heterocycles. The lowest BCUT2D eigenvalue weighted by molar-refractivity contribution is 0.0687. The van der Waals surface area contributed by atoms with Crippen molar-refractivity contribution in [3.63, 3.8) is 0 Å². The molecule has 0 saturated heterocycles. The zero-order chi connectivity index (χ0) is 14.0. The van der Waals surface area contributed by atoms with Gasteiger partial charge < -0.3 is 5.11 Å². The number of nitrogens with zero attached hydrogens (tertiary/aromatic N) is 3. The molecule has 5 heteroatoms. The van der Waals surface area contributed by atoms with E-state index in [2.05, 4.69) is 10.3 Å². The normalized spacial score (nSPS) is 17.0. The summed E-state index contributed by atoms with van der Waals surface area (Å²) in [4.78, 5) is 11.2. The molecule has 0 amide bonds. The topological polar surface area (TPSA) is 68.0 Å². The molecule has 2 rings (SSSR count). The summed E-state index contributed by atoms with van der Waals surface area (Å²) in [5, 5.41) is 17.1. The number of aromatic nitrogens is 3. The Bertz CT molecular complexity index is 454. The fourth-order valence-corrected chi connectivity index (χ4v) is 2.96. The van der Waals surface area contributed by atoms with Crippen LogP contribution in [0.4, 0.5) is 0 Å². The highest BCUT2D eigenvalue weighted by Crippen LogP contribution is 2.29. The Morgan fingerprint density at radius 3 is 2.53 bits per heavy atom. The summed E-state index contributed by atoms with van der Waals surface area (Å²) < 4.78 is 1.79. The average Bonchev–Trinajstić information content (AvgIpc) is 2.94. The van der Waals surface area contributed by atoms with Gasteiger partial charge in [0.2, 0.25) is 0 Å². The van der Waals surface area contributed by atoms with Crippen molar-refractivity contribution in [2.45, 2.75) is 64.8 Å². The zero-order valence-corrected chi connectivity index (χ0v) is 12.0. The van der Waals surface area contributed by atoms with Gasteiger partial charge in [0.25, 0.3) is 0 Å². The van der Waals surface area contributed by atoms with E-state index >= 15 is 0 Å². The highest BCUT2D eigenvalue weighted by molar-refractivity contribution is 5.86. The van der Waals surface area contributed by atoms with E-state index in [1.54, 1.807) is 4.68 Å². The molecule has 1 N–H and O–H groups in total. The molecule has 1 aromatic heterocycles. The lowest BCUT2D eigenvalue weighted by atomic mass is 9.90. The summed E-state index contributed by atoms with van der Waals surface area (Å²) in [5.74, 6) is -0.220. The van der Waals surface area contributed by atoms with Gasteiger partial charge in [0.05, 0.1) is 5.69 Å². The van der Waals surface area contributed by atoms with Gasteiger partial charge in [0.1, 0.15) is 0 Å². The fraction of sp³-hybridized carbons (Fsp3) is 0.786. The van der Waals surface area contributed by atoms with Crippen LogP contribution in [0.15, 0.2) is 0 Å². The van der Waals surface area contributed by atoms with E-state index in [1.807, 2.05) is 20.8 Å². The summed E-state index contributed by atoms with van der Waals surface area (Å²) in [5.41, 5.74) is 0.573. The van der Waals surface area contributed by atoms with Gasteiger partial charge in [-0.25, -0.2) is 9.48 Å². The van der Waals surface area contributed by atoms with Crippen molar-refractivity contribution in [2.75, 3.05) is 0 Å². The Balaban J connectivity index is 2.17. The predicted octanol–water partition coefficient (Wildman–Crippen LogP) is 2.85. The second-order valence-electron chi connectivity index (χ2n) is 6.50. The fourth-order valence-electron chi connectivity index (χ4n) is 2.96. The molecule has 106 valence electrons. The summed E-state index contributed by atoms with van der Waals surface area (Å²) in [6, 6.07) is 0. The molecule has 5 nitrogen and oxygen atoms in total. The van der Waals surface area contributed by atoms with Crippen LogP contribution in [0.2, 0.25) is 0 Å². The number of hydrogen-bond acceptors (Lipinski definition) is 3. The molecule has 1 heterocycles. The van der Waals surface area contributed by atoms with Gasteiger partial charge in [-0.2, -0.15) is 0 Å². The molecule has 1 saturated carbocycles. The van der Waals surface area contributed by atoms with Crippen LogP contribution < -0.4 is 0 Å². The molecule has 0 bridgehead atoms. The van der Waals surface area contributed by atoms with Crippen LogP contribution in [0.1, 0.15) is 69.1 Å². The Morgan fingerprint density at radius 2 is 2.00 bits per heavy atom. The molecule has 0 aromatic carbocycles. The van der Waals surface area contributed by atoms with Crippen molar-refractivity contribution in [1.82, 2.24) is 15.0 Å². The van der Waals surface area contributed by atoms with E-state index in [4.69, 9.17) is 0 Å². The number of carboxylic acid groups (broad SMARTS) is 1. The van der Waals surface area contributed by atoms with Gasteiger partial charge in [-0.3, -0.25) is 0 Å². The SMILES string of the molecule is CC(C)(C)c1c(C(=O)O)nnn1CCC1CCCC1. The van der Waals surface area contributed by atoms with Crippen molar-refractivity contribution < 1.29 is 9.90 Å². The van der Waals surface area contributed by atoms with Crippen LogP contribution in [-0.2, 0) is 12.0 Å². The van der Waals surface area contributed by atoms with Crippen LogP contribution in [0.3, 0.4) is 0 Å². The van der Waals surface area contributed by atoms with Gasteiger partial charge >= 0.3 is 5.97 Å². The van der Waals surface area contributed by atoms with Gasteiger partial charge in [-0.15, -0.1) is 5.10 Å². The average molecular weight is 265 g/mol. The van der Waals surface area contributed by atoms with Crippen LogP contribution in [0.25, 0.3) is 0 Å². The van der Waals surface area contributed by atoms with E-state index in [0.29, 0.717) is 0 Å². The number of carbonyl (C=O) groups is 1. The first-order valence-electron chi connectivity index (χ1n) is 7.07. The van der Waals surface area contributed by atoms with Crippen LogP contribution >= 0.6 is 0 Å². The van der Waals surface area contributed by atoms with E-state index in [0.717, 1.165) is 24.6 Å². The van der Waals surface area contributed by atoms with Gasteiger partial charge in [-0.05, 0) is 12.3 Å². The van der Waals surface area contributed by atoms with E-state index in [1.165, 1.54) is 25.7 Å². The van der Waals surface area contributed by atoms with Crippen molar-refractivity contribution in [2.24, 2.45) is 5.92 Å². The summed E-state index contributed by atoms with van der Waals surface area (Å²) in [6.07, 6.45) is 6.32. The van der Waals surface area contributed by atoms with Crippen molar-refractivity contribution >= 4 is 5.97 Å². The van der Waals surface area contributed by atoms with Crippen molar-refractivity contribution in [3.8, 4) is 0 Å². The molecule has 0 radical (unpaired) electrons. The highest BCUT2D eigenvalue weighted by atomic mass is 16.4. The quantitative estimate of drug-likeness (QED) is 0.909. The highest BCUT2D eigenvalue weighted by Gasteiger charge is 2.29. The summed E-state index contributed by atoms with van der Waals surface area (Å²) in [7, 11) is 0. The zero-order valence-electron chi connectivity index (χ0n) is 12.0. The maximum atomic E-state index is 11.2. The Kier molecular flexibility index (Phi) is 3.92. The van der Waals surface area contributed by atoms with Crippen molar-refractivity contribution in [3.05, 3.63) is 11.4 Å². The minimum absolute atomic E-state index is 0.0962. The lowest BCUT2D eigenvalue weighted by Gasteiger charge is -2.21. The smallest absolute Gasteiger partial charge is 0.358 e. The number of aryl methyl sites for hydroxylation is 1. The van der Waals surface area contributed by atoms with E-state index in [-0.39, 0.29) is 11.1 Å². The van der Waals surface area contributed by atoms with Crippen LogP contribution in [0, 0.1) is 5.92 Å². The Morgan fingerprint density at radius 1 is 1.37 bits per heavy atom. The third-order valence-corrected chi connectivity index (χ3v) is 3.87. The maximum Gasteiger partial charge on any atom is 0.358 e. The van der Waals surface area contributed by atoms with E-state index in [9.17, 15) is 9.90 Å². The maximum absolute atomic E-state index is 11.2. The Labute approximate surface area is 114 Å². The third-order valence-electron chi connectivity index (χ3n) is 3.87. The molecule has 19 heavy (non-hydrogen) atoms. The lowest BCUT2D eigenvalue weighted by Crippen LogP contribution is -2.22. The van der Waals surface area contributed by atoms with Crippen LogP contribution in [0.5, 0.6) is 0 Å². The summed E-state index contributed by atoms with van der Waals surface area (Å²) in [6.45, 7) is 6.79. The standard InChI is InChI=1S/C14H23N3O2/c1-14(2,3)12-11(13(18)19)15-16-17(12)9-8-10-6-4-5-7-10/h10H,4-9H2,1-3H3,(H,18,19). The molecule has 1 aliphatic rings. The second-order valence-corrected chi connectivity index (χ2v) is 6.50. The minimum Gasteiger partial charge on any atom is -0.476 e. The first kappa shape index (κ1) is 14.0. The molecule has 0 spiro atoms. The second kappa shape index (κ2) is 5.31. The van der Waals surface area contributed by atoms with Gasteiger partial charge in [0.15, 0.2) is 5.69 Å². The van der Waals surface area contributed by atoms with E-state index < -0.39 is 5.97 Å². The Hall–Kier alpha value is -1.39. The molecular formula is C14H23N3O2. The van der Waals surface area contributed by atoms with Crippen LogP contribution in [-0.4, -0.2) is 26.1 Å². The van der Waals surface area contributed by atoms with Gasteiger partial charge in [-0.1, -0.05) is 51.7 Å². The monoisotopic (exact) mass is 265 g/mol. The summed E-state index contributed by atoms with van der Waals surface area (Å²) >= 11 is 0. The first-order chi connectivity index (χ1) is 8.89. The number of aromatic carboxylic acids is 1. The largest absolute Gasteiger partial charge is 0.476 e. The molecule has 1 fully saturated rings. The third kappa shape index (κ3) is 3.14. The predicted molar refractivity (Wildman–Crippen MR) is 72.3 cm³/mol. The molecular weight excluding hydrogens is 242 g/mol. The van der Waals surface area contributed by atoms with Crippen molar-refractivity contribution in [1.29, 1.82) is 0 Å². The molecule has 1 aromatic rings. The molecule has 1 aliphatic carbocycles.